The van der Waals surface area contributed by atoms with Crippen molar-refractivity contribution in [2.24, 2.45) is 0 Å². The Bertz CT molecular complexity index is 1630. The van der Waals surface area contributed by atoms with Gasteiger partial charge < -0.3 is 9.47 Å². The average molecular weight is 902 g/mol. The molecule has 3 aromatic carbocycles. The summed E-state index contributed by atoms with van der Waals surface area (Å²) in [4.78, 5) is 15.1. The molecule has 0 aliphatic heterocycles. The molecule has 1 heterocycles. The third-order valence-electron chi connectivity index (χ3n) is 5.03. The van der Waals surface area contributed by atoms with Crippen molar-refractivity contribution in [1.29, 1.82) is 0 Å². The van der Waals surface area contributed by atoms with Gasteiger partial charge in [0.1, 0.15) is 4.60 Å². The Morgan fingerprint density at radius 2 is 1.62 bits per heavy atom. The van der Waals surface area contributed by atoms with Gasteiger partial charge in [-0.2, -0.15) is 0 Å². The summed E-state index contributed by atoms with van der Waals surface area (Å²) in [5, 5.41) is 0.524. The number of hydrogen-bond acceptors (Lipinski definition) is 6. The van der Waals surface area contributed by atoms with Crippen LogP contribution in [0, 0.1) is 0 Å². The van der Waals surface area contributed by atoms with Gasteiger partial charge in [0.2, 0.25) is 0 Å². The van der Waals surface area contributed by atoms with Crippen LogP contribution in [0.1, 0.15) is 22.3 Å². The Balaban J connectivity index is 0.000000328. The van der Waals surface area contributed by atoms with Crippen LogP contribution in [-0.4, -0.2) is 33.6 Å². The topological polar surface area (TPSA) is 82.6 Å². The zero-order valence-electron chi connectivity index (χ0n) is 23.5. The summed E-state index contributed by atoms with van der Waals surface area (Å²) >= 11 is 12.8. The number of halogens is 6. The van der Waals surface area contributed by atoms with E-state index < -0.39 is 21.4 Å². The van der Waals surface area contributed by atoms with Crippen LogP contribution >= 0.6 is 95.9 Å². The highest BCUT2D eigenvalue weighted by Gasteiger charge is 2.12. The maximum absolute atomic E-state index is 12.0. The van der Waals surface area contributed by atoms with Gasteiger partial charge in [-0.3, -0.25) is 0 Å². The number of carbonyl (C=O) groups is 1. The molecule has 6 nitrogen and oxygen atoms in total. The van der Waals surface area contributed by atoms with E-state index in [1.165, 1.54) is 7.11 Å². The zero-order valence-corrected chi connectivity index (χ0v) is 34.4. The molecule has 4 aromatic rings. The first-order chi connectivity index (χ1) is 21.1. The van der Waals surface area contributed by atoms with Gasteiger partial charge in [-0.15, -0.1) is 26.8 Å². The molecule has 0 saturated carbocycles. The summed E-state index contributed by atoms with van der Waals surface area (Å²) in [6.07, 6.45) is -0.904. The summed E-state index contributed by atoms with van der Waals surface area (Å²) in [6, 6.07) is 20.8. The molecule has 45 heavy (non-hydrogen) atoms. The number of alkyl halides is 2. The Labute approximate surface area is 297 Å². The third kappa shape index (κ3) is 16.5. The Hall–Kier alpha value is -0.420. The van der Waals surface area contributed by atoms with E-state index in [1.54, 1.807) is 25.4 Å². The molecule has 0 spiro atoms. The molecule has 0 aliphatic carbocycles. The fraction of sp³-hybridized carbons (Fsp3) is 0.111. The van der Waals surface area contributed by atoms with E-state index in [2.05, 4.69) is 68.4 Å². The Morgan fingerprint density at radius 3 is 2.04 bits per heavy atom. The first-order valence-corrected chi connectivity index (χ1v) is 24.5. The molecule has 1 aromatic heterocycles. The third-order valence-corrected chi connectivity index (χ3v) is 19.7. The van der Waals surface area contributed by atoms with Gasteiger partial charge >= 0.3 is 5.97 Å². The predicted octanol–water partition coefficient (Wildman–Crippen LogP) is 11.4. The van der Waals surface area contributed by atoms with Crippen molar-refractivity contribution >= 4 is 111 Å². The van der Waals surface area contributed by atoms with Crippen molar-refractivity contribution in [1.82, 2.24) is 4.98 Å². The normalized spacial score (nSPS) is 10.7. The van der Waals surface area contributed by atoms with Gasteiger partial charge in [0, 0.05) is 37.5 Å². The number of ether oxygens (including phenoxy) is 2. The smallest absolute Gasteiger partial charge is 0.337 e. The van der Waals surface area contributed by atoms with Gasteiger partial charge in [-0.1, -0.05) is 65.8 Å². The lowest BCUT2D eigenvalue weighted by atomic mass is 10.0. The lowest BCUT2D eigenvalue weighted by Gasteiger charge is -2.07. The quantitative estimate of drug-likeness (QED) is 0.0830. The van der Waals surface area contributed by atoms with E-state index in [4.69, 9.17) is 27.0 Å². The number of methoxy groups -OCH3 is 2. The van der Waals surface area contributed by atoms with E-state index in [1.807, 2.05) is 42.5 Å². The minimum Gasteiger partial charge on any atom is -0.494 e. The standard InChI is InChI=1S/C14H10BrClO2.C7H5ClF2O2S.C6H6BrNO.H7P5/c1-18-14(17)10-5-6-12(13(16)8-10)9-3-2-4-11(15)7-9;8-13(11,12)6-3-1-5(2-4-6)7(9)10;1-9-5-3-2-4-8-6(5)7;1-4-5(2)3/h2-8H,1H3;1-4,7H;2-4H,1H3;4H,1-3H2. The van der Waals surface area contributed by atoms with E-state index in [0.717, 1.165) is 58.2 Å². The molecule has 4 unspecified atom stereocenters. The number of hydrogen-bond donors (Lipinski definition) is 0. The number of pyridine rings is 1. The predicted molar refractivity (Wildman–Crippen MR) is 203 cm³/mol. The Morgan fingerprint density at radius 1 is 1.00 bits per heavy atom. The van der Waals surface area contributed by atoms with Crippen LogP contribution in [0.25, 0.3) is 11.1 Å². The fourth-order valence-corrected chi connectivity index (χ4v) is 4.82. The number of rotatable bonds is 6. The van der Waals surface area contributed by atoms with Gasteiger partial charge in [0.15, 0.2) is 5.75 Å². The van der Waals surface area contributed by atoms with Crippen LogP contribution in [0.2, 0.25) is 5.02 Å². The summed E-state index contributed by atoms with van der Waals surface area (Å²) in [6.45, 7) is 0.226. The average Bonchev–Trinajstić information content (AvgIpc) is 3.01. The molecule has 4 atom stereocenters. The lowest BCUT2D eigenvalue weighted by Crippen LogP contribution is -2.00. The van der Waals surface area contributed by atoms with Gasteiger partial charge in [-0.25, -0.2) is 27.0 Å². The molecule has 4 rings (SSSR count). The van der Waals surface area contributed by atoms with Gasteiger partial charge in [-0.05, 0) is 77.0 Å². The molecule has 0 bridgehead atoms. The van der Waals surface area contributed by atoms with Gasteiger partial charge in [0.25, 0.3) is 15.5 Å². The van der Waals surface area contributed by atoms with Crippen molar-refractivity contribution in [3.8, 4) is 16.9 Å². The molecule has 0 amide bonds. The largest absolute Gasteiger partial charge is 0.494 e. The highest BCUT2D eigenvalue weighted by atomic mass is 79.9. The van der Waals surface area contributed by atoms with Crippen molar-refractivity contribution in [3.63, 3.8) is 0 Å². The highest BCUT2D eigenvalue weighted by molar-refractivity contribution is 9.10. The molecule has 244 valence electrons. The van der Waals surface area contributed by atoms with E-state index in [-0.39, 0.29) is 17.4 Å². The van der Waals surface area contributed by atoms with Crippen molar-refractivity contribution in [3.05, 3.63) is 110 Å². The van der Waals surface area contributed by atoms with E-state index in [0.29, 0.717) is 10.6 Å². The molecule has 0 saturated heterocycles. The molecular weight excluding hydrogens is 874 g/mol. The fourth-order valence-electron chi connectivity index (χ4n) is 2.95. The molecule has 0 N–H and O–H groups in total. The number of nitrogens with zero attached hydrogens (tertiary/aromatic N) is 1. The number of esters is 1. The number of benzene rings is 3. The number of aromatic nitrogens is 1. The molecule has 18 heteroatoms. The van der Waals surface area contributed by atoms with Crippen LogP contribution in [0.15, 0.2) is 99.0 Å². The second-order valence-corrected chi connectivity index (χ2v) is 26.6. The van der Waals surface area contributed by atoms with Crippen molar-refractivity contribution in [2.45, 2.75) is 11.3 Å². The maximum Gasteiger partial charge on any atom is 0.337 e. The van der Waals surface area contributed by atoms with Crippen LogP contribution in [0.4, 0.5) is 8.78 Å². The molecule has 0 aliphatic rings. The second kappa shape index (κ2) is 22.3. The minimum atomic E-state index is -3.82. The molecule has 0 radical (unpaired) electrons. The zero-order chi connectivity index (χ0) is 34.2. The van der Waals surface area contributed by atoms with Crippen LogP contribution in [0.5, 0.6) is 5.75 Å². The first-order valence-electron chi connectivity index (χ1n) is 12.0. The van der Waals surface area contributed by atoms with E-state index >= 15 is 0 Å². The molecular formula is C27H28Br2Cl2F2NO5P5S. The van der Waals surface area contributed by atoms with Crippen molar-refractivity contribution < 1.29 is 31.5 Å². The second-order valence-electron chi connectivity index (χ2n) is 8.04. The van der Waals surface area contributed by atoms with Crippen LogP contribution in [-0.2, 0) is 13.8 Å². The first kappa shape index (κ1) is 42.6. The van der Waals surface area contributed by atoms with E-state index in [9.17, 15) is 22.0 Å². The summed E-state index contributed by atoms with van der Waals surface area (Å²) in [5.41, 5.74) is 2.08. The molecule has 0 fully saturated rings. The van der Waals surface area contributed by atoms with Crippen LogP contribution in [0.3, 0.4) is 0 Å². The Kier molecular flexibility index (Phi) is 21.1. The highest BCUT2D eigenvalue weighted by Crippen LogP contribution is 2.71. The van der Waals surface area contributed by atoms with Gasteiger partial charge in [0.05, 0.1) is 24.7 Å². The summed E-state index contributed by atoms with van der Waals surface area (Å²) in [7, 11) is 13.4. The van der Waals surface area contributed by atoms with Crippen LogP contribution < -0.4 is 4.74 Å². The SMILES string of the molecule is COC(=O)c1ccc(-c2cccc(Br)c2)c(Cl)c1.COc1cccnc1Br.O=S(=O)(Cl)c1ccc(C(F)F)cc1.PPP(P)P. The summed E-state index contributed by atoms with van der Waals surface area (Å²) < 4.78 is 56.7. The summed E-state index contributed by atoms with van der Waals surface area (Å²) in [5.74, 6) is 0.371. The van der Waals surface area contributed by atoms with Crippen molar-refractivity contribution in [2.75, 3.05) is 14.2 Å². The monoisotopic (exact) mass is 899 g/mol. The minimum absolute atomic E-state index is 0.182. The number of carbonyl (C=O) groups excluding carboxylic acids is 1. The lowest BCUT2D eigenvalue weighted by molar-refractivity contribution is 0.0600. The maximum atomic E-state index is 12.0.